The molecule has 1 heterocycles. The average molecular weight is 128 g/mol. The molecule has 0 aliphatic rings. The van der Waals surface area contributed by atoms with E-state index in [4.69, 9.17) is 5.73 Å². The molecular formula is C5H5FN2O. The third kappa shape index (κ3) is 0.910. The molecule has 3 N–H and O–H groups in total. The Kier molecular flexibility index (Phi) is 1.22. The van der Waals surface area contributed by atoms with E-state index in [-0.39, 0.29) is 5.69 Å². The summed E-state index contributed by atoms with van der Waals surface area (Å²) in [6.07, 6.45) is 1.20. The van der Waals surface area contributed by atoms with Crippen molar-refractivity contribution in [2.75, 3.05) is 5.73 Å². The van der Waals surface area contributed by atoms with Crippen molar-refractivity contribution in [3.8, 4) is 0 Å². The van der Waals surface area contributed by atoms with Crippen molar-refractivity contribution in [2.45, 2.75) is 0 Å². The summed E-state index contributed by atoms with van der Waals surface area (Å²) in [5, 5.41) is 0. The first kappa shape index (κ1) is 5.81. The van der Waals surface area contributed by atoms with Gasteiger partial charge in [0.1, 0.15) is 5.69 Å². The molecule has 9 heavy (non-hydrogen) atoms. The predicted octanol–water partition coefficient (Wildman–Crippen LogP) is 0.0962. The maximum Gasteiger partial charge on any atom is 0.274 e. The first-order valence-electron chi connectivity index (χ1n) is 2.34. The van der Waals surface area contributed by atoms with Crippen LogP contribution in [0.25, 0.3) is 0 Å². The number of aromatic amines is 1. The van der Waals surface area contributed by atoms with Gasteiger partial charge in [-0.25, -0.2) is 4.39 Å². The zero-order valence-electron chi connectivity index (χ0n) is 4.52. The first-order valence-corrected chi connectivity index (χ1v) is 2.34. The molecule has 0 radical (unpaired) electrons. The smallest absolute Gasteiger partial charge is 0.274 e. The van der Waals surface area contributed by atoms with E-state index in [9.17, 15) is 9.18 Å². The molecule has 1 aromatic heterocycles. The van der Waals surface area contributed by atoms with Crippen molar-refractivity contribution in [1.29, 1.82) is 0 Å². The number of hydrogen-bond acceptors (Lipinski definition) is 2. The van der Waals surface area contributed by atoms with Crippen LogP contribution in [0.2, 0.25) is 0 Å². The lowest BCUT2D eigenvalue weighted by molar-refractivity contribution is 0.629. The maximum absolute atomic E-state index is 12.2. The fourth-order valence-corrected chi connectivity index (χ4v) is 0.467. The number of aromatic nitrogens is 1. The van der Waals surface area contributed by atoms with Crippen molar-refractivity contribution < 1.29 is 4.39 Å². The molecule has 0 saturated heterocycles. The van der Waals surface area contributed by atoms with Gasteiger partial charge in [0.25, 0.3) is 5.56 Å². The molecule has 3 nitrogen and oxygen atoms in total. The Balaban J connectivity index is 3.43. The van der Waals surface area contributed by atoms with Gasteiger partial charge < -0.3 is 10.7 Å². The van der Waals surface area contributed by atoms with Gasteiger partial charge in [-0.2, -0.15) is 0 Å². The largest absolute Gasteiger partial charge is 0.392 e. The Hall–Kier alpha value is -1.32. The molecule has 0 aromatic carbocycles. The molecule has 0 bridgehead atoms. The summed E-state index contributed by atoms with van der Waals surface area (Å²) in [4.78, 5) is 12.6. The zero-order valence-corrected chi connectivity index (χ0v) is 4.52. The molecule has 0 fully saturated rings. The highest BCUT2D eigenvalue weighted by atomic mass is 19.1. The second-order valence-electron chi connectivity index (χ2n) is 1.57. The van der Waals surface area contributed by atoms with Crippen LogP contribution in [0.3, 0.4) is 0 Å². The van der Waals surface area contributed by atoms with Gasteiger partial charge in [0.05, 0.1) is 0 Å². The van der Waals surface area contributed by atoms with Crippen LogP contribution in [0.15, 0.2) is 17.1 Å². The molecule has 0 saturated carbocycles. The molecular weight excluding hydrogens is 123 g/mol. The normalized spacial score (nSPS) is 9.44. The van der Waals surface area contributed by atoms with E-state index in [0.29, 0.717) is 0 Å². The van der Waals surface area contributed by atoms with Crippen LogP contribution in [-0.4, -0.2) is 4.98 Å². The second kappa shape index (κ2) is 1.89. The summed E-state index contributed by atoms with van der Waals surface area (Å²) < 4.78 is 12.2. The van der Waals surface area contributed by atoms with Gasteiger partial charge >= 0.3 is 0 Å². The van der Waals surface area contributed by atoms with Gasteiger partial charge in [0.15, 0.2) is 5.82 Å². The van der Waals surface area contributed by atoms with Gasteiger partial charge in [0.2, 0.25) is 0 Å². The monoisotopic (exact) mass is 128 g/mol. The van der Waals surface area contributed by atoms with Crippen LogP contribution in [0.4, 0.5) is 10.1 Å². The van der Waals surface area contributed by atoms with Gasteiger partial charge in [-0.3, -0.25) is 4.79 Å². The van der Waals surface area contributed by atoms with Crippen LogP contribution in [0, 0.1) is 5.82 Å². The van der Waals surface area contributed by atoms with Crippen molar-refractivity contribution in [3.05, 3.63) is 28.4 Å². The van der Waals surface area contributed by atoms with Crippen LogP contribution < -0.4 is 11.3 Å². The van der Waals surface area contributed by atoms with E-state index in [1.807, 2.05) is 0 Å². The number of hydrogen-bond donors (Lipinski definition) is 2. The Morgan fingerprint density at radius 1 is 1.67 bits per heavy atom. The Morgan fingerprint density at radius 2 is 2.33 bits per heavy atom. The van der Waals surface area contributed by atoms with Crippen molar-refractivity contribution >= 4 is 5.69 Å². The molecule has 0 aliphatic carbocycles. The van der Waals surface area contributed by atoms with E-state index < -0.39 is 11.4 Å². The number of nitrogen functional groups attached to an aromatic ring is 1. The number of halogens is 1. The van der Waals surface area contributed by atoms with E-state index >= 15 is 0 Å². The topological polar surface area (TPSA) is 58.9 Å². The van der Waals surface area contributed by atoms with Crippen LogP contribution in [-0.2, 0) is 0 Å². The highest BCUT2D eigenvalue weighted by molar-refractivity contribution is 5.34. The first-order chi connectivity index (χ1) is 4.22. The van der Waals surface area contributed by atoms with E-state index in [2.05, 4.69) is 4.98 Å². The number of pyridine rings is 1. The van der Waals surface area contributed by atoms with Crippen LogP contribution in [0.5, 0.6) is 0 Å². The lowest BCUT2D eigenvalue weighted by Crippen LogP contribution is -2.12. The molecule has 0 aliphatic heterocycles. The van der Waals surface area contributed by atoms with Gasteiger partial charge in [-0.05, 0) is 6.07 Å². The quantitative estimate of drug-likeness (QED) is 0.520. The minimum atomic E-state index is -0.682. The number of rotatable bonds is 0. The van der Waals surface area contributed by atoms with E-state index in [0.717, 1.165) is 6.07 Å². The zero-order chi connectivity index (χ0) is 6.85. The summed E-state index contributed by atoms with van der Waals surface area (Å²) in [7, 11) is 0. The SMILES string of the molecule is Nc1c(F)cc[nH]c1=O. The van der Waals surface area contributed by atoms with Gasteiger partial charge in [-0.1, -0.05) is 0 Å². The Morgan fingerprint density at radius 3 is 2.78 bits per heavy atom. The fourth-order valence-electron chi connectivity index (χ4n) is 0.467. The van der Waals surface area contributed by atoms with Crippen molar-refractivity contribution in [3.63, 3.8) is 0 Å². The predicted molar refractivity (Wildman–Crippen MR) is 31.4 cm³/mol. The molecule has 0 amide bonds. The number of nitrogens with one attached hydrogen (secondary N) is 1. The summed E-state index contributed by atoms with van der Waals surface area (Å²) in [6, 6.07) is 1.09. The summed E-state index contributed by atoms with van der Waals surface area (Å²) >= 11 is 0. The maximum atomic E-state index is 12.2. The molecule has 0 unspecified atom stereocenters. The lowest BCUT2D eigenvalue weighted by atomic mass is 10.4. The van der Waals surface area contributed by atoms with E-state index in [1.165, 1.54) is 6.20 Å². The average Bonchev–Trinajstić information content (AvgIpc) is 1.83. The Bertz CT molecular complexity index is 268. The molecule has 0 atom stereocenters. The molecule has 0 spiro atoms. The third-order valence-electron chi connectivity index (χ3n) is 0.946. The van der Waals surface area contributed by atoms with E-state index in [1.54, 1.807) is 0 Å². The van der Waals surface area contributed by atoms with Gasteiger partial charge in [-0.15, -0.1) is 0 Å². The Labute approximate surface area is 50.3 Å². The molecule has 1 aromatic rings. The highest BCUT2D eigenvalue weighted by Gasteiger charge is 1.97. The highest BCUT2D eigenvalue weighted by Crippen LogP contribution is 1.98. The minimum absolute atomic E-state index is 0.363. The third-order valence-corrected chi connectivity index (χ3v) is 0.946. The summed E-state index contributed by atoms with van der Waals surface area (Å²) in [5.74, 6) is -0.682. The number of nitrogens with two attached hydrogens (primary N) is 1. The molecule has 1 rings (SSSR count). The summed E-state index contributed by atoms with van der Waals surface area (Å²) in [6.45, 7) is 0. The molecule has 4 heteroatoms. The van der Waals surface area contributed by atoms with Crippen LogP contribution >= 0.6 is 0 Å². The molecule has 48 valence electrons. The van der Waals surface area contributed by atoms with Crippen molar-refractivity contribution in [1.82, 2.24) is 4.98 Å². The number of anilines is 1. The van der Waals surface area contributed by atoms with Crippen LogP contribution in [0.1, 0.15) is 0 Å². The summed E-state index contributed by atoms with van der Waals surface area (Å²) in [5.41, 5.74) is 4.01. The van der Waals surface area contributed by atoms with Gasteiger partial charge in [0, 0.05) is 6.20 Å². The number of H-pyrrole nitrogens is 1. The minimum Gasteiger partial charge on any atom is -0.392 e. The standard InChI is InChI=1S/C5H5FN2O/c6-3-1-2-8-5(9)4(3)7/h1-2H,7H2,(H,8,9). The fraction of sp³-hybridized carbons (Fsp3) is 0. The lowest BCUT2D eigenvalue weighted by Gasteiger charge is -1.89. The van der Waals surface area contributed by atoms with Crippen molar-refractivity contribution in [2.24, 2.45) is 0 Å². The second-order valence-corrected chi connectivity index (χ2v) is 1.57.